The number of aromatic hydroxyl groups is 2. The first-order valence-electron chi connectivity index (χ1n) is 6.15. The number of hydrogen-bond acceptors (Lipinski definition) is 5. The number of ether oxygens (including phenoxy) is 1. The smallest absolute Gasteiger partial charge is 0.310 e. The maximum absolute atomic E-state index is 12.0. The van der Waals surface area contributed by atoms with Crippen molar-refractivity contribution < 1.29 is 24.5 Å². The van der Waals surface area contributed by atoms with Gasteiger partial charge in [0.25, 0.3) is 0 Å². The van der Waals surface area contributed by atoms with E-state index in [1.807, 2.05) is 13.8 Å². The number of carbonyl (C=O) groups is 2. The first-order chi connectivity index (χ1) is 8.85. The number of carbonyl (C=O) groups excluding carboxylic acids is 2. The monoisotopic (exact) mass is 266 g/mol. The van der Waals surface area contributed by atoms with Crippen LogP contribution in [0.15, 0.2) is 12.1 Å². The van der Waals surface area contributed by atoms with Crippen LogP contribution in [0.25, 0.3) is 0 Å². The Morgan fingerprint density at radius 1 is 1.26 bits per heavy atom. The lowest BCUT2D eigenvalue weighted by atomic mass is 9.99. The van der Waals surface area contributed by atoms with Gasteiger partial charge in [0.15, 0.2) is 5.78 Å². The fourth-order valence-electron chi connectivity index (χ4n) is 1.62. The second kappa shape index (κ2) is 6.22. The lowest BCUT2D eigenvalue weighted by Gasteiger charge is -2.12. The van der Waals surface area contributed by atoms with Crippen molar-refractivity contribution in [1.29, 1.82) is 0 Å². The minimum absolute atomic E-state index is 0.0618. The molecular formula is C14H18O5. The molecule has 0 aromatic heterocycles. The number of ketones is 1. The predicted octanol–water partition coefficient (Wildman–Crippen LogP) is 2.64. The Bertz CT molecular complexity index is 491. The maximum Gasteiger partial charge on any atom is 0.310 e. The molecule has 1 aromatic carbocycles. The van der Waals surface area contributed by atoms with E-state index < -0.39 is 5.97 Å². The molecule has 0 bridgehead atoms. The van der Waals surface area contributed by atoms with Crippen molar-refractivity contribution in [2.45, 2.75) is 33.6 Å². The first kappa shape index (κ1) is 15.0. The number of rotatable bonds is 5. The van der Waals surface area contributed by atoms with Gasteiger partial charge < -0.3 is 14.9 Å². The van der Waals surface area contributed by atoms with Crippen LogP contribution in [-0.2, 0) is 4.79 Å². The SMILES string of the molecule is CCC(=O)Oc1cc(O)cc(O)c1C(=O)CC(C)C. The van der Waals surface area contributed by atoms with E-state index in [1.54, 1.807) is 6.92 Å². The van der Waals surface area contributed by atoms with E-state index in [9.17, 15) is 19.8 Å². The Kier molecular flexibility index (Phi) is 4.92. The Morgan fingerprint density at radius 2 is 1.89 bits per heavy atom. The summed E-state index contributed by atoms with van der Waals surface area (Å²) in [6, 6.07) is 2.21. The largest absolute Gasteiger partial charge is 0.508 e. The molecule has 0 atom stereocenters. The van der Waals surface area contributed by atoms with E-state index in [2.05, 4.69) is 0 Å². The van der Waals surface area contributed by atoms with Gasteiger partial charge in [0, 0.05) is 25.0 Å². The molecule has 0 aliphatic carbocycles. The molecule has 104 valence electrons. The summed E-state index contributed by atoms with van der Waals surface area (Å²) in [6.45, 7) is 5.35. The molecule has 0 radical (unpaired) electrons. The van der Waals surface area contributed by atoms with Crippen molar-refractivity contribution in [3.8, 4) is 17.2 Å². The van der Waals surface area contributed by atoms with Crippen LogP contribution in [0.1, 0.15) is 44.0 Å². The van der Waals surface area contributed by atoms with Gasteiger partial charge in [-0.05, 0) is 5.92 Å². The zero-order chi connectivity index (χ0) is 14.6. The molecule has 1 rings (SSSR count). The number of hydrogen-bond donors (Lipinski definition) is 2. The molecule has 0 amide bonds. The first-order valence-corrected chi connectivity index (χ1v) is 6.15. The summed E-state index contributed by atoms with van der Waals surface area (Å²) in [5.41, 5.74) is -0.0618. The minimum atomic E-state index is -0.538. The Labute approximate surface area is 111 Å². The molecule has 0 saturated heterocycles. The highest BCUT2D eigenvalue weighted by atomic mass is 16.5. The number of Topliss-reactive ketones (excluding diaryl/α,β-unsaturated/α-hetero) is 1. The van der Waals surface area contributed by atoms with Crippen molar-refractivity contribution in [3.63, 3.8) is 0 Å². The van der Waals surface area contributed by atoms with Gasteiger partial charge in [-0.25, -0.2) is 0 Å². The van der Waals surface area contributed by atoms with Crippen molar-refractivity contribution in [1.82, 2.24) is 0 Å². The van der Waals surface area contributed by atoms with Crippen LogP contribution in [0.2, 0.25) is 0 Å². The summed E-state index contributed by atoms with van der Waals surface area (Å²) in [5, 5.41) is 19.2. The van der Waals surface area contributed by atoms with E-state index in [0.29, 0.717) is 0 Å². The zero-order valence-corrected chi connectivity index (χ0v) is 11.3. The molecule has 0 fully saturated rings. The summed E-state index contributed by atoms with van der Waals surface area (Å²) in [5.74, 6) is -1.51. The lowest BCUT2D eigenvalue weighted by Crippen LogP contribution is -2.11. The number of phenols is 2. The average molecular weight is 266 g/mol. The molecule has 0 aliphatic heterocycles. The quantitative estimate of drug-likeness (QED) is 0.486. The molecule has 0 unspecified atom stereocenters. The molecular weight excluding hydrogens is 248 g/mol. The highest BCUT2D eigenvalue weighted by Crippen LogP contribution is 2.34. The summed E-state index contributed by atoms with van der Waals surface area (Å²) < 4.78 is 4.98. The maximum atomic E-state index is 12.0. The van der Waals surface area contributed by atoms with Gasteiger partial charge in [-0.1, -0.05) is 20.8 Å². The van der Waals surface area contributed by atoms with E-state index in [1.165, 1.54) is 0 Å². The van der Waals surface area contributed by atoms with Crippen LogP contribution < -0.4 is 4.74 Å². The molecule has 1 aromatic rings. The van der Waals surface area contributed by atoms with Gasteiger partial charge in [0.2, 0.25) is 0 Å². The number of esters is 1. The molecule has 0 spiro atoms. The minimum Gasteiger partial charge on any atom is -0.508 e. The highest BCUT2D eigenvalue weighted by Gasteiger charge is 2.21. The molecule has 0 saturated carbocycles. The normalized spacial score (nSPS) is 10.5. The third-order valence-electron chi connectivity index (χ3n) is 2.45. The molecule has 5 heteroatoms. The molecule has 19 heavy (non-hydrogen) atoms. The van der Waals surface area contributed by atoms with Gasteiger partial charge >= 0.3 is 5.97 Å². The predicted molar refractivity (Wildman–Crippen MR) is 69.5 cm³/mol. The third-order valence-corrected chi connectivity index (χ3v) is 2.45. The summed E-state index contributed by atoms with van der Waals surface area (Å²) >= 11 is 0. The van der Waals surface area contributed by atoms with Crippen LogP contribution in [0.5, 0.6) is 17.2 Å². The highest BCUT2D eigenvalue weighted by molar-refractivity contribution is 6.02. The van der Waals surface area contributed by atoms with Crippen LogP contribution in [0.4, 0.5) is 0 Å². The fraction of sp³-hybridized carbons (Fsp3) is 0.429. The number of benzene rings is 1. The van der Waals surface area contributed by atoms with Gasteiger partial charge in [-0.3, -0.25) is 9.59 Å². The third kappa shape index (κ3) is 3.98. The van der Waals surface area contributed by atoms with Crippen molar-refractivity contribution >= 4 is 11.8 Å². The molecule has 0 aliphatic rings. The van der Waals surface area contributed by atoms with E-state index in [4.69, 9.17) is 4.74 Å². The Morgan fingerprint density at radius 3 is 2.42 bits per heavy atom. The van der Waals surface area contributed by atoms with Gasteiger partial charge in [0.1, 0.15) is 22.8 Å². The fourth-order valence-corrected chi connectivity index (χ4v) is 1.62. The molecule has 2 N–H and O–H groups in total. The van der Waals surface area contributed by atoms with E-state index in [-0.39, 0.29) is 47.4 Å². The van der Waals surface area contributed by atoms with Crippen LogP contribution in [0, 0.1) is 5.92 Å². The lowest BCUT2D eigenvalue weighted by molar-refractivity contribution is -0.134. The van der Waals surface area contributed by atoms with Crippen molar-refractivity contribution in [2.75, 3.05) is 0 Å². The molecule has 0 heterocycles. The van der Waals surface area contributed by atoms with E-state index >= 15 is 0 Å². The Balaban J connectivity index is 3.19. The standard InChI is InChI=1S/C14H18O5/c1-4-13(18)19-12-7-9(15)6-11(17)14(12)10(16)5-8(2)3/h6-8,15,17H,4-5H2,1-3H3. The van der Waals surface area contributed by atoms with Crippen molar-refractivity contribution in [3.05, 3.63) is 17.7 Å². The van der Waals surface area contributed by atoms with Crippen molar-refractivity contribution in [2.24, 2.45) is 5.92 Å². The summed E-state index contributed by atoms with van der Waals surface area (Å²) in [4.78, 5) is 23.3. The molecule has 5 nitrogen and oxygen atoms in total. The second-order valence-corrected chi connectivity index (χ2v) is 4.69. The van der Waals surface area contributed by atoms with Crippen LogP contribution in [-0.4, -0.2) is 22.0 Å². The number of phenolic OH excluding ortho intramolecular Hbond substituents is 2. The Hall–Kier alpha value is -2.04. The van der Waals surface area contributed by atoms with Gasteiger partial charge in [-0.2, -0.15) is 0 Å². The average Bonchev–Trinajstić information content (AvgIpc) is 2.26. The van der Waals surface area contributed by atoms with Crippen LogP contribution in [0.3, 0.4) is 0 Å². The second-order valence-electron chi connectivity index (χ2n) is 4.69. The van der Waals surface area contributed by atoms with Gasteiger partial charge in [0.05, 0.1) is 0 Å². The topological polar surface area (TPSA) is 83.8 Å². The van der Waals surface area contributed by atoms with E-state index in [0.717, 1.165) is 12.1 Å². The summed E-state index contributed by atoms with van der Waals surface area (Å²) in [7, 11) is 0. The summed E-state index contributed by atoms with van der Waals surface area (Å²) in [6.07, 6.45) is 0.350. The zero-order valence-electron chi connectivity index (χ0n) is 11.3. The van der Waals surface area contributed by atoms with Crippen LogP contribution >= 0.6 is 0 Å². The van der Waals surface area contributed by atoms with Gasteiger partial charge in [-0.15, -0.1) is 0 Å².